The van der Waals surface area contributed by atoms with Gasteiger partial charge in [-0.2, -0.15) is 5.10 Å². The molecule has 0 spiro atoms. The molecule has 0 aliphatic rings. The van der Waals surface area contributed by atoms with E-state index in [0.29, 0.717) is 19.5 Å². The summed E-state index contributed by atoms with van der Waals surface area (Å²) in [5.74, 6) is 0.424. The fraction of sp³-hybridized carbons (Fsp3) is 0.222. The first-order valence-corrected chi connectivity index (χ1v) is 6.39. The Kier molecular flexibility index (Phi) is 3.35. The third-order valence-electron chi connectivity index (χ3n) is 2.29. The molecule has 2 aromatic heterocycles. The summed E-state index contributed by atoms with van der Waals surface area (Å²) in [7, 11) is 0. The molecule has 2 aromatic rings. The van der Waals surface area contributed by atoms with Crippen LogP contribution in [0.5, 0.6) is 0 Å². The van der Waals surface area contributed by atoms with E-state index in [1.165, 1.54) is 17.5 Å². The largest absolute Gasteiger partial charge is 0.383 e. The van der Waals surface area contributed by atoms with Gasteiger partial charge < -0.3 is 5.73 Å². The van der Waals surface area contributed by atoms with Gasteiger partial charge in [-0.15, -0.1) is 11.3 Å². The van der Waals surface area contributed by atoms with E-state index in [0.717, 1.165) is 5.56 Å². The molecule has 0 fully saturated rings. The summed E-state index contributed by atoms with van der Waals surface area (Å²) in [6.45, 7) is 1.93. The zero-order valence-electron chi connectivity index (χ0n) is 8.25. The van der Waals surface area contributed by atoms with Gasteiger partial charge in [0.1, 0.15) is 10.8 Å². The van der Waals surface area contributed by atoms with E-state index in [9.17, 15) is 0 Å². The second-order valence-electron chi connectivity index (χ2n) is 3.28. The molecule has 86 valence electrons. The SMILES string of the molecule is CC(c1cc(Cl)sc1Cl)n1ncc(Cl)c1N. The van der Waals surface area contributed by atoms with Crippen LogP contribution >= 0.6 is 46.1 Å². The molecule has 1 atom stereocenters. The molecule has 2 heterocycles. The van der Waals surface area contributed by atoms with E-state index in [1.54, 1.807) is 4.68 Å². The summed E-state index contributed by atoms with van der Waals surface area (Å²) in [4.78, 5) is 0. The molecule has 0 aliphatic carbocycles. The predicted molar refractivity (Wildman–Crippen MR) is 69.8 cm³/mol. The number of anilines is 1. The maximum atomic E-state index is 6.07. The number of hydrogen-bond acceptors (Lipinski definition) is 3. The van der Waals surface area contributed by atoms with Crippen LogP contribution in [0, 0.1) is 0 Å². The van der Waals surface area contributed by atoms with Gasteiger partial charge in [-0.3, -0.25) is 0 Å². The zero-order chi connectivity index (χ0) is 11.9. The van der Waals surface area contributed by atoms with E-state index in [-0.39, 0.29) is 6.04 Å². The first kappa shape index (κ1) is 12.0. The summed E-state index contributed by atoms with van der Waals surface area (Å²) in [5, 5.41) is 4.54. The average molecular weight is 297 g/mol. The fourth-order valence-corrected chi connectivity index (χ4v) is 3.19. The standard InChI is InChI=1S/C9H8Cl3N3S/c1-4(5-2-7(11)16-8(5)12)15-9(13)6(10)3-14-15/h2-4H,13H2,1H3. The van der Waals surface area contributed by atoms with E-state index in [4.69, 9.17) is 40.5 Å². The lowest BCUT2D eigenvalue weighted by molar-refractivity contribution is 0.575. The maximum absolute atomic E-state index is 6.07. The van der Waals surface area contributed by atoms with Crippen LogP contribution in [0.2, 0.25) is 13.7 Å². The number of hydrogen-bond donors (Lipinski definition) is 1. The first-order valence-electron chi connectivity index (χ1n) is 4.44. The van der Waals surface area contributed by atoms with E-state index < -0.39 is 0 Å². The van der Waals surface area contributed by atoms with Crippen molar-refractivity contribution in [1.82, 2.24) is 9.78 Å². The highest BCUT2D eigenvalue weighted by molar-refractivity contribution is 7.20. The van der Waals surface area contributed by atoms with Crippen molar-refractivity contribution in [2.24, 2.45) is 0 Å². The normalized spacial score (nSPS) is 13.0. The van der Waals surface area contributed by atoms with Gasteiger partial charge in [0.25, 0.3) is 0 Å². The Bertz CT molecular complexity index is 518. The van der Waals surface area contributed by atoms with E-state index in [1.807, 2.05) is 13.0 Å². The van der Waals surface area contributed by atoms with Crippen LogP contribution in [0.25, 0.3) is 0 Å². The summed E-state index contributed by atoms with van der Waals surface area (Å²) in [6, 6.07) is 1.72. The number of rotatable bonds is 2. The molecule has 0 amide bonds. The number of nitrogens with zero attached hydrogens (tertiary/aromatic N) is 2. The van der Waals surface area contributed by atoms with Crippen molar-refractivity contribution in [3.8, 4) is 0 Å². The van der Waals surface area contributed by atoms with Crippen molar-refractivity contribution in [1.29, 1.82) is 0 Å². The second kappa shape index (κ2) is 4.45. The topological polar surface area (TPSA) is 43.8 Å². The molecule has 16 heavy (non-hydrogen) atoms. The lowest BCUT2D eigenvalue weighted by Crippen LogP contribution is -2.11. The minimum Gasteiger partial charge on any atom is -0.383 e. The molecule has 2 N–H and O–H groups in total. The summed E-state index contributed by atoms with van der Waals surface area (Å²) >= 11 is 19.1. The van der Waals surface area contributed by atoms with Gasteiger partial charge in [0.15, 0.2) is 0 Å². The molecular weight excluding hydrogens is 289 g/mol. The van der Waals surface area contributed by atoms with Gasteiger partial charge in [0, 0.05) is 5.56 Å². The molecule has 0 saturated heterocycles. The highest BCUT2D eigenvalue weighted by atomic mass is 35.5. The number of nitrogen functional groups attached to an aromatic ring is 1. The van der Waals surface area contributed by atoms with Gasteiger partial charge in [0.05, 0.1) is 20.9 Å². The maximum Gasteiger partial charge on any atom is 0.141 e. The van der Waals surface area contributed by atoms with Gasteiger partial charge in [0.2, 0.25) is 0 Å². The van der Waals surface area contributed by atoms with Crippen molar-refractivity contribution < 1.29 is 0 Å². The lowest BCUT2D eigenvalue weighted by atomic mass is 10.2. The average Bonchev–Trinajstić information content (AvgIpc) is 2.71. The minimum absolute atomic E-state index is 0.0938. The molecule has 1 unspecified atom stereocenters. The highest BCUT2D eigenvalue weighted by Gasteiger charge is 2.18. The molecule has 0 aromatic carbocycles. The Morgan fingerprint density at radius 1 is 1.44 bits per heavy atom. The number of halogens is 3. The highest BCUT2D eigenvalue weighted by Crippen LogP contribution is 2.37. The zero-order valence-corrected chi connectivity index (χ0v) is 11.3. The van der Waals surface area contributed by atoms with Crippen LogP contribution in [-0.4, -0.2) is 9.78 Å². The fourth-order valence-electron chi connectivity index (χ4n) is 1.43. The summed E-state index contributed by atoms with van der Waals surface area (Å²) < 4.78 is 2.90. The molecule has 0 aliphatic heterocycles. The number of thiophene rings is 1. The molecule has 0 bridgehead atoms. The molecule has 3 nitrogen and oxygen atoms in total. The Balaban J connectivity index is 2.42. The quantitative estimate of drug-likeness (QED) is 0.907. The molecule has 0 saturated carbocycles. The Morgan fingerprint density at radius 3 is 2.56 bits per heavy atom. The first-order chi connectivity index (χ1) is 7.50. The second-order valence-corrected chi connectivity index (χ2v) is 5.97. The van der Waals surface area contributed by atoms with Crippen molar-refractivity contribution in [2.75, 3.05) is 5.73 Å². The van der Waals surface area contributed by atoms with E-state index >= 15 is 0 Å². The summed E-state index contributed by atoms with van der Waals surface area (Å²) in [5.41, 5.74) is 6.69. The third-order valence-corrected chi connectivity index (χ3v) is 4.10. The lowest BCUT2D eigenvalue weighted by Gasteiger charge is -2.13. The Hall–Kier alpha value is -0.420. The van der Waals surface area contributed by atoms with Crippen molar-refractivity contribution in [3.05, 3.63) is 31.5 Å². The smallest absolute Gasteiger partial charge is 0.141 e. The number of aromatic nitrogens is 2. The predicted octanol–water partition coefficient (Wildman–Crippen LogP) is 4.10. The van der Waals surface area contributed by atoms with Crippen molar-refractivity contribution in [3.63, 3.8) is 0 Å². The van der Waals surface area contributed by atoms with Crippen LogP contribution in [-0.2, 0) is 0 Å². The monoisotopic (exact) mass is 295 g/mol. The van der Waals surface area contributed by atoms with Crippen molar-refractivity contribution in [2.45, 2.75) is 13.0 Å². The number of nitrogens with two attached hydrogens (primary N) is 1. The Morgan fingerprint density at radius 2 is 2.12 bits per heavy atom. The molecular formula is C9H8Cl3N3S. The van der Waals surface area contributed by atoms with E-state index in [2.05, 4.69) is 5.10 Å². The third kappa shape index (κ3) is 2.02. The van der Waals surface area contributed by atoms with Gasteiger partial charge >= 0.3 is 0 Å². The molecule has 0 radical (unpaired) electrons. The van der Waals surface area contributed by atoms with Crippen LogP contribution in [0.3, 0.4) is 0 Å². The Labute approximate surface area is 112 Å². The van der Waals surface area contributed by atoms with Crippen LogP contribution < -0.4 is 5.73 Å². The van der Waals surface area contributed by atoms with Gasteiger partial charge in [-0.25, -0.2) is 4.68 Å². The summed E-state index contributed by atoms with van der Waals surface area (Å²) in [6.07, 6.45) is 1.51. The van der Waals surface area contributed by atoms with Crippen LogP contribution in [0.1, 0.15) is 18.5 Å². The van der Waals surface area contributed by atoms with Crippen LogP contribution in [0.15, 0.2) is 12.3 Å². The minimum atomic E-state index is -0.0938. The van der Waals surface area contributed by atoms with Gasteiger partial charge in [-0.1, -0.05) is 34.8 Å². The van der Waals surface area contributed by atoms with Gasteiger partial charge in [-0.05, 0) is 13.0 Å². The van der Waals surface area contributed by atoms with Crippen molar-refractivity contribution >= 4 is 52.0 Å². The van der Waals surface area contributed by atoms with Crippen LogP contribution in [0.4, 0.5) is 5.82 Å². The molecule has 7 heteroatoms. The molecule has 2 rings (SSSR count).